The first kappa shape index (κ1) is 12.1. The van der Waals surface area contributed by atoms with E-state index in [0.717, 1.165) is 29.9 Å². The maximum Gasteiger partial charge on any atom is 0.305 e. The van der Waals surface area contributed by atoms with Gasteiger partial charge in [-0.25, -0.2) is 4.98 Å². The predicted octanol–water partition coefficient (Wildman–Crippen LogP) is 2.45. The van der Waals surface area contributed by atoms with E-state index in [4.69, 9.17) is 0 Å². The minimum atomic E-state index is -0.142. The Morgan fingerprint density at radius 2 is 2.41 bits per heavy atom. The average Bonchev–Trinajstić information content (AvgIpc) is 2.89. The molecule has 92 valence electrons. The highest BCUT2D eigenvalue weighted by Gasteiger charge is 2.08. The highest BCUT2D eigenvalue weighted by atomic mass is 32.1. The van der Waals surface area contributed by atoms with Crippen LogP contribution in [-0.4, -0.2) is 22.5 Å². The molecule has 0 amide bonds. The Morgan fingerprint density at radius 1 is 1.59 bits per heavy atom. The topological polar surface area (TPSA) is 43.6 Å². The molecule has 0 spiro atoms. The summed E-state index contributed by atoms with van der Waals surface area (Å²) in [4.78, 5) is 16.6. The molecule has 0 saturated carbocycles. The Bertz CT molecular complexity index is 516. The second-order valence-corrected chi connectivity index (χ2v) is 4.73. The number of imidazole rings is 1. The van der Waals surface area contributed by atoms with Gasteiger partial charge in [-0.05, 0) is 19.3 Å². The number of rotatable bonds is 5. The summed E-state index contributed by atoms with van der Waals surface area (Å²) in [6, 6.07) is 0. The fraction of sp³-hybridized carbons (Fsp3) is 0.500. The molecule has 5 heteroatoms. The molecule has 0 aliphatic carbocycles. The number of thiazole rings is 1. The predicted molar refractivity (Wildman–Crippen MR) is 67.4 cm³/mol. The lowest BCUT2D eigenvalue weighted by atomic mass is 10.2. The Hall–Kier alpha value is -1.36. The number of hydrogen-bond donors (Lipinski definition) is 0. The van der Waals surface area contributed by atoms with E-state index in [1.165, 1.54) is 12.8 Å². The highest BCUT2D eigenvalue weighted by molar-refractivity contribution is 7.15. The van der Waals surface area contributed by atoms with Crippen LogP contribution in [0.4, 0.5) is 0 Å². The first-order valence-corrected chi connectivity index (χ1v) is 6.63. The standard InChI is InChI=1S/C12H16N2O2S/c1-3-9-7-14-10(8-17-12(14)13-9)5-4-6-11(15)16-2/h7-8H,3-6H2,1-2H3. The average molecular weight is 252 g/mol. The first-order chi connectivity index (χ1) is 8.24. The molecule has 0 bridgehead atoms. The molecule has 0 aliphatic heterocycles. The van der Waals surface area contributed by atoms with Crippen molar-refractivity contribution in [1.29, 1.82) is 0 Å². The maximum atomic E-state index is 11.0. The molecule has 0 unspecified atom stereocenters. The van der Waals surface area contributed by atoms with E-state index in [-0.39, 0.29) is 5.97 Å². The SMILES string of the molecule is CCc1cn2c(CCCC(=O)OC)csc2n1. The van der Waals surface area contributed by atoms with Crippen LogP contribution in [-0.2, 0) is 22.4 Å². The third-order valence-corrected chi connectivity index (χ3v) is 3.63. The van der Waals surface area contributed by atoms with E-state index in [1.807, 2.05) is 0 Å². The van der Waals surface area contributed by atoms with E-state index < -0.39 is 0 Å². The number of carbonyl (C=O) groups is 1. The van der Waals surface area contributed by atoms with Gasteiger partial charge in [0, 0.05) is 23.7 Å². The van der Waals surface area contributed by atoms with Crippen LogP contribution < -0.4 is 0 Å². The zero-order valence-electron chi connectivity index (χ0n) is 10.1. The Morgan fingerprint density at radius 3 is 3.12 bits per heavy atom. The molecule has 0 saturated heterocycles. The van der Waals surface area contributed by atoms with Crippen molar-refractivity contribution in [2.75, 3.05) is 7.11 Å². The molecular weight excluding hydrogens is 236 g/mol. The second kappa shape index (κ2) is 5.31. The normalized spacial score (nSPS) is 10.9. The summed E-state index contributed by atoms with van der Waals surface area (Å²) >= 11 is 1.65. The molecule has 2 rings (SSSR count). The fourth-order valence-electron chi connectivity index (χ4n) is 1.74. The Labute approximate surface area is 104 Å². The second-order valence-electron chi connectivity index (χ2n) is 3.90. The van der Waals surface area contributed by atoms with Crippen molar-refractivity contribution in [2.24, 2.45) is 0 Å². The molecule has 0 aromatic carbocycles. The summed E-state index contributed by atoms with van der Waals surface area (Å²) < 4.78 is 6.75. The lowest BCUT2D eigenvalue weighted by Gasteiger charge is -1.99. The summed E-state index contributed by atoms with van der Waals surface area (Å²) in [5.41, 5.74) is 2.34. The van der Waals surface area contributed by atoms with Crippen molar-refractivity contribution in [3.05, 3.63) is 23.0 Å². The number of aryl methyl sites for hydroxylation is 2. The van der Waals surface area contributed by atoms with Gasteiger partial charge in [-0.2, -0.15) is 0 Å². The summed E-state index contributed by atoms with van der Waals surface area (Å²) in [7, 11) is 1.43. The summed E-state index contributed by atoms with van der Waals surface area (Å²) in [6.07, 6.45) is 5.21. The largest absolute Gasteiger partial charge is 0.469 e. The van der Waals surface area contributed by atoms with Crippen molar-refractivity contribution in [3.63, 3.8) is 0 Å². The number of fused-ring (bicyclic) bond motifs is 1. The minimum absolute atomic E-state index is 0.142. The van der Waals surface area contributed by atoms with Crippen LogP contribution in [0.2, 0.25) is 0 Å². The number of esters is 1. The van der Waals surface area contributed by atoms with Crippen molar-refractivity contribution >= 4 is 22.3 Å². The van der Waals surface area contributed by atoms with E-state index in [0.29, 0.717) is 6.42 Å². The van der Waals surface area contributed by atoms with Crippen molar-refractivity contribution in [3.8, 4) is 0 Å². The Balaban J connectivity index is 2.03. The molecule has 0 radical (unpaired) electrons. The van der Waals surface area contributed by atoms with Gasteiger partial charge < -0.3 is 4.74 Å². The molecular formula is C12H16N2O2S. The molecule has 17 heavy (non-hydrogen) atoms. The van der Waals surface area contributed by atoms with E-state index in [1.54, 1.807) is 11.3 Å². The van der Waals surface area contributed by atoms with E-state index >= 15 is 0 Å². The summed E-state index contributed by atoms with van der Waals surface area (Å²) in [5.74, 6) is -0.142. The molecule has 0 atom stereocenters. The number of ether oxygens (including phenoxy) is 1. The zero-order valence-corrected chi connectivity index (χ0v) is 10.9. The number of hydrogen-bond acceptors (Lipinski definition) is 4. The number of aromatic nitrogens is 2. The molecule has 0 aliphatic rings. The fourth-order valence-corrected chi connectivity index (χ4v) is 2.67. The van der Waals surface area contributed by atoms with Crippen LogP contribution in [0.15, 0.2) is 11.6 Å². The molecule has 2 heterocycles. The van der Waals surface area contributed by atoms with E-state index in [2.05, 4.69) is 32.6 Å². The number of carbonyl (C=O) groups excluding carboxylic acids is 1. The molecule has 0 N–H and O–H groups in total. The van der Waals surface area contributed by atoms with Gasteiger partial charge in [-0.3, -0.25) is 9.20 Å². The van der Waals surface area contributed by atoms with Gasteiger partial charge >= 0.3 is 5.97 Å². The lowest BCUT2D eigenvalue weighted by Crippen LogP contribution is -2.01. The van der Waals surface area contributed by atoms with Gasteiger partial charge in [0.05, 0.1) is 12.8 Å². The molecule has 0 fully saturated rings. The zero-order chi connectivity index (χ0) is 12.3. The Kier molecular flexibility index (Phi) is 3.78. The van der Waals surface area contributed by atoms with Crippen LogP contribution in [0, 0.1) is 0 Å². The summed E-state index contributed by atoms with van der Waals surface area (Å²) in [6.45, 7) is 2.10. The highest BCUT2D eigenvalue weighted by Crippen LogP contribution is 2.18. The van der Waals surface area contributed by atoms with Gasteiger partial charge in [0.15, 0.2) is 4.96 Å². The van der Waals surface area contributed by atoms with Crippen LogP contribution >= 0.6 is 11.3 Å². The number of nitrogens with zero attached hydrogens (tertiary/aromatic N) is 2. The van der Waals surface area contributed by atoms with Crippen LogP contribution in [0.3, 0.4) is 0 Å². The van der Waals surface area contributed by atoms with Crippen molar-refractivity contribution < 1.29 is 9.53 Å². The van der Waals surface area contributed by atoms with Gasteiger partial charge in [0.2, 0.25) is 0 Å². The molecule has 2 aromatic heterocycles. The van der Waals surface area contributed by atoms with Crippen LogP contribution in [0.25, 0.3) is 4.96 Å². The molecule has 4 nitrogen and oxygen atoms in total. The minimum Gasteiger partial charge on any atom is -0.469 e. The van der Waals surface area contributed by atoms with Gasteiger partial charge in [0.1, 0.15) is 0 Å². The lowest BCUT2D eigenvalue weighted by molar-refractivity contribution is -0.140. The van der Waals surface area contributed by atoms with E-state index in [9.17, 15) is 4.79 Å². The van der Waals surface area contributed by atoms with Crippen molar-refractivity contribution in [2.45, 2.75) is 32.6 Å². The third-order valence-electron chi connectivity index (χ3n) is 2.74. The van der Waals surface area contributed by atoms with Crippen LogP contribution in [0.5, 0.6) is 0 Å². The smallest absolute Gasteiger partial charge is 0.305 e. The van der Waals surface area contributed by atoms with Gasteiger partial charge in [0.25, 0.3) is 0 Å². The number of methoxy groups -OCH3 is 1. The first-order valence-electron chi connectivity index (χ1n) is 5.75. The monoisotopic (exact) mass is 252 g/mol. The quantitative estimate of drug-likeness (QED) is 0.768. The van der Waals surface area contributed by atoms with Gasteiger partial charge in [-0.1, -0.05) is 6.92 Å². The summed E-state index contributed by atoms with van der Waals surface area (Å²) in [5, 5.41) is 2.11. The third kappa shape index (κ3) is 2.66. The van der Waals surface area contributed by atoms with Crippen LogP contribution in [0.1, 0.15) is 31.2 Å². The van der Waals surface area contributed by atoms with Crippen molar-refractivity contribution in [1.82, 2.24) is 9.38 Å². The molecule has 2 aromatic rings. The van der Waals surface area contributed by atoms with Gasteiger partial charge in [-0.15, -0.1) is 11.3 Å². The maximum absolute atomic E-state index is 11.0.